The Hall–Kier alpha value is -2.03. The Morgan fingerprint density at radius 3 is 2.75 bits per heavy atom. The van der Waals surface area contributed by atoms with E-state index in [2.05, 4.69) is 15.0 Å². The van der Waals surface area contributed by atoms with Gasteiger partial charge in [-0.1, -0.05) is 0 Å². The molecule has 2 aromatic heterocycles. The number of aliphatic hydroxyl groups excluding tert-OH is 2. The molecular formula is C15H24N6O6S. The molecule has 0 aromatic carbocycles. The molecule has 12 nitrogen and oxygen atoms in total. The lowest BCUT2D eigenvalue weighted by molar-refractivity contribution is -0.138. The molecule has 0 aliphatic carbocycles. The van der Waals surface area contributed by atoms with Gasteiger partial charge in [0, 0.05) is 6.42 Å². The molecule has 3 heterocycles. The van der Waals surface area contributed by atoms with Gasteiger partial charge in [-0.05, 0) is 10.9 Å². The molecule has 1 saturated heterocycles. The highest BCUT2D eigenvalue weighted by Gasteiger charge is 2.46. The summed E-state index contributed by atoms with van der Waals surface area (Å²) in [4.78, 5) is 23.0. The van der Waals surface area contributed by atoms with Gasteiger partial charge in [-0.15, -0.1) is 0 Å². The third-order valence-corrected chi connectivity index (χ3v) is 6.37. The van der Waals surface area contributed by atoms with Gasteiger partial charge in [0.1, 0.15) is 47.7 Å². The lowest BCUT2D eigenvalue weighted by atomic mass is 10.1. The molecule has 1 aliphatic rings. The summed E-state index contributed by atoms with van der Waals surface area (Å²) in [7, 11) is -0.235. The zero-order valence-electron chi connectivity index (χ0n) is 15.1. The summed E-state index contributed by atoms with van der Waals surface area (Å²) in [5, 5.41) is 29.7. The second-order valence-corrected chi connectivity index (χ2v) is 8.82. The van der Waals surface area contributed by atoms with E-state index in [1.54, 1.807) is 0 Å². The maximum Gasteiger partial charge on any atom is 0.320 e. The Kier molecular flexibility index (Phi) is 7.14. The maximum atomic E-state index is 10.8. The first-order valence-corrected chi connectivity index (χ1v) is 10.3. The van der Waals surface area contributed by atoms with E-state index in [1.165, 1.54) is 17.2 Å². The van der Waals surface area contributed by atoms with Crippen molar-refractivity contribution < 1.29 is 30.3 Å². The molecule has 0 amide bonds. The first-order chi connectivity index (χ1) is 12.8. The molecule has 3 rings (SSSR count). The molecule has 0 bridgehead atoms. The van der Waals surface area contributed by atoms with Crippen LogP contribution in [0.3, 0.4) is 0 Å². The monoisotopic (exact) mass is 416 g/mol. The predicted molar refractivity (Wildman–Crippen MR) is 101 cm³/mol. The number of aliphatic hydroxyl groups is 2. The molecule has 0 radical (unpaired) electrons. The van der Waals surface area contributed by atoms with Gasteiger partial charge >= 0.3 is 5.97 Å². The number of ether oxygens (including phenoxy) is 1. The van der Waals surface area contributed by atoms with Gasteiger partial charge in [-0.25, -0.2) is 15.0 Å². The third-order valence-electron chi connectivity index (χ3n) is 4.54. The molecule has 28 heavy (non-hydrogen) atoms. The number of rotatable bonds is 7. The van der Waals surface area contributed by atoms with E-state index in [0.717, 1.165) is 0 Å². The van der Waals surface area contributed by atoms with Gasteiger partial charge in [0.15, 0.2) is 17.7 Å². The molecule has 13 heteroatoms. The fourth-order valence-corrected chi connectivity index (χ4v) is 4.63. The number of carboxylic acid groups (broad SMARTS) is 1. The molecule has 1 aliphatic heterocycles. The number of nitrogen functional groups attached to an aromatic ring is 1. The van der Waals surface area contributed by atoms with Crippen molar-refractivity contribution >= 4 is 33.8 Å². The zero-order chi connectivity index (χ0) is 19.7. The normalized spacial score (nSPS) is 26.7. The smallest absolute Gasteiger partial charge is 0.320 e. The number of fused-ring (bicyclic) bond motifs is 1. The number of imidazole rings is 1. The van der Waals surface area contributed by atoms with Crippen LogP contribution in [0.4, 0.5) is 5.82 Å². The lowest BCUT2D eigenvalue weighted by Crippen LogP contribution is -2.37. The molecule has 0 spiro atoms. The second kappa shape index (κ2) is 8.98. The Morgan fingerprint density at radius 2 is 2.07 bits per heavy atom. The highest BCUT2D eigenvalue weighted by molar-refractivity contribution is 7.96. The van der Waals surface area contributed by atoms with E-state index in [0.29, 0.717) is 29.1 Å². The molecule has 0 saturated carbocycles. The average Bonchev–Trinajstić information content (AvgIpc) is 3.17. The first kappa shape index (κ1) is 22.3. The number of anilines is 1. The van der Waals surface area contributed by atoms with Crippen LogP contribution in [0.25, 0.3) is 11.2 Å². The fraction of sp³-hybridized carbons (Fsp3) is 0.600. The minimum Gasteiger partial charge on any atom is -0.870 e. The van der Waals surface area contributed by atoms with Crippen LogP contribution < -0.4 is 11.5 Å². The Balaban J connectivity index is 0.00000280. The number of hydrogen-bond donors (Lipinski definition) is 5. The summed E-state index contributed by atoms with van der Waals surface area (Å²) in [5.41, 5.74) is 12.1. The number of aliphatic carboxylic acids is 1. The number of carbonyl (C=O) groups is 1. The lowest BCUT2D eigenvalue weighted by Gasteiger charge is -2.16. The van der Waals surface area contributed by atoms with Crippen LogP contribution in [0.1, 0.15) is 12.6 Å². The summed E-state index contributed by atoms with van der Waals surface area (Å²) in [6.45, 7) is 0. The number of nitrogens with zero attached hydrogens (tertiary/aromatic N) is 4. The Morgan fingerprint density at radius 1 is 1.36 bits per heavy atom. The van der Waals surface area contributed by atoms with Crippen molar-refractivity contribution in [3.63, 3.8) is 0 Å². The fourth-order valence-electron chi connectivity index (χ4n) is 2.97. The summed E-state index contributed by atoms with van der Waals surface area (Å²) < 4.78 is 7.41. The maximum absolute atomic E-state index is 10.8. The van der Waals surface area contributed by atoms with E-state index in [1.807, 2.05) is 6.26 Å². The zero-order valence-corrected chi connectivity index (χ0v) is 15.9. The summed E-state index contributed by atoms with van der Waals surface area (Å²) in [6.07, 6.45) is 1.31. The largest absolute Gasteiger partial charge is 0.870 e. The second-order valence-electron chi connectivity index (χ2n) is 6.51. The predicted octanol–water partition coefficient (Wildman–Crippen LogP) is -2.10. The van der Waals surface area contributed by atoms with Crippen LogP contribution in [0.2, 0.25) is 0 Å². The van der Waals surface area contributed by atoms with Crippen molar-refractivity contribution in [3.8, 4) is 0 Å². The van der Waals surface area contributed by atoms with Crippen LogP contribution in [0.15, 0.2) is 12.7 Å². The SMILES string of the molecule is C[S+](CCC(N)C(=O)O)C[C@H]1O[C@@H](n2cnc3c(N)ncnc32)[C@H](O)[C@@H]1O.[OH-]. The number of aromatic nitrogens is 4. The minimum atomic E-state index is -1.16. The van der Waals surface area contributed by atoms with Gasteiger partial charge < -0.3 is 37.0 Å². The summed E-state index contributed by atoms with van der Waals surface area (Å²) in [5.74, 6) is 0.254. The van der Waals surface area contributed by atoms with E-state index in [4.69, 9.17) is 21.3 Å². The van der Waals surface area contributed by atoms with Crippen molar-refractivity contribution in [1.82, 2.24) is 19.5 Å². The molecular weight excluding hydrogens is 392 g/mol. The van der Waals surface area contributed by atoms with Crippen LogP contribution in [0.5, 0.6) is 0 Å². The van der Waals surface area contributed by atoms with Crippen molar-refractivity contribution in [1.29, 1.82) is 0 Å². The number of nitrogens with two attached hydrogens (primary N) is 2. The van der Waals surface area contributed by atoms with E-state index in [9.17, 15) is 15.0 Å². The van der Waals surface area contributed by atoms with E-state index >= 15 is 0 Å². The van der Waals surface area contributed by atoms with Gasteiger partial charge in [0.05, 0.1) is 12.6 Å². The van der Waals surface area contributed by atoms with E-state index < -0.39 is 36.6 Å². The van der Waals surface area contributed by atoms with Crippen molar-refractivity contribution in [2.75, 3.05) is 23.5 Å². The van der Waals surface area contributed by atoms with Crippen LogP contribution >= 0.6 is 0 Å². The molecule has 2 unspecified atom stereocenters. The van der Waals surface area contributed by atoms with Crippen LogP contribution in [0, 0.1) is 0 Å². The molecule has 6 atom stereocenters. The highest BCUT2D eigenvalue weighted by Crippen LogP contribution is 2.32. The minimum absolute atomic E-state index is 0. The molecule has 8 N–H and O–H groups in total. The summed E-state index contributed by atoms with van der Waals surface area (Å²) >= 11 is 0. The van der Waals surface area contributed by atoms with Gasteiger partial charge in [0.2, 0.25) is 0 Å². The van der Waals surface area contributed by atoms with E-state index in [-0.39, 0.29) is 22.2 Å². The molecule has 1 fully saturated rings. The molecule has 156 valence electrons. The number of hydrogen-bond acceptors (Lipinski definition) is 10. The van der Waals surface area contributed by atoms with Gasteiger partial charge in [-0.3, -0.25) is 9.36 Å². The van der Waals surface area contributed by atoms with Crippen molar-refractivity contribution in [3.05, 3.63) is 12.7 Å². The Bertz CT molecular complexity index is 821. The van der Waals surface area contributed by atoms with Crippen LogP contribution in [-0.2, 0) is 20.4 Å². The topological polar surface area (TPSA) is 213 Å². The summed E-state index contributed by atoms with van der Waals surface area (Å²) in [6, 6.07) is -0.907. The van der Waals surface area contributed by atoms with Crippen molar-refractivity contribution in [2.45, 2.75) is 37.0 Å². The Labute approximate surface area is 163 Å². The highest BCUT2D eigenvalue weighted by atomic mass is 32.2. The first-order valence-electron chi connectivity index (χ1n) is 8.31. The van der Waals surface area contributed by atoms with Crippen LogP contribution in [-0.4, -0.2) is 88.4 Å². The number of carboxylic acids is 1. The standard InChI is InChI=1S/C15H22N6O5S.H2O/c1-27(3-2-7(16)15(24)25)4-8-10(22)11(23)14(26-8)21-6-20-9-12(17)18-5-19-13(9)21;/h5-8,10-11,14,22-23H,2-4,16H2,1H3,(H2-,17,18,19,24,25);1H2/t7?,8-,10-,11-,14-,27?;/m1./s1. The quantitative estimate of drug-likeness (QED) is 0.308. The average molecular weight is 416 g/mol. The molecule has 2 aromatic rings. The third kappa shape index (κ3) is 4.34. The van der Waals surface area contributed by atoms with Crippen molar-refractivity contribution in [2.24, 2.45) is 5.73 Å². The van der Waals surface area contributed by atoms with Gasteiger partial charge in [0.25, 0.3) is 0 Å². The van der Waals surface area contributed by atoms with Gasteiger partial charge in [-0.2, -0.15) is 0 Å².